The van der Waals surface area contributed by atoms with Gasteiger partial charge in [0.15, 0.2) is 6.54 Å². The first-order valence-electron chi connectivity index (χ1n) is 8.85. The van der Waals surface area contributed by atoms with Crippen LogP contribution in [0, 0.1) is 0 Å². The van der Waals surface area contributed by atoms with Gasteiger partial charge in [0, 0.05) is 30.5 Å². The van der Waals surface area contributed by atoms with E-state index >= 15 is 0 Å². The summed E-state index contributed by atoms with van der Waals surface area (Å²) in [5.41, 5.74) is 0.957. The van der Waals surface area contributed by atoms with Crippen molar-refractivity contribution in [3.8, 4) is 0 Å². The molecule has 1 fully saturated rings. The third kappa shape index (κ3) is 5.13. The number of hydrogen-bond acceptors (Lipinski definition) is 4. The van der Waals surface area contributed by atoms with E-state index in [0.717, 1.165) is 31.0 Å². The highest BCUT2D eigenvalue weighted by Gasteiger charge is 2.32. The SMILES string of the molecule is CN(CC(=O)Nc1ccc(N2CCOCC2)cc1)c1ccc(C(F)(F)F)c[nH+]1. The van der Waals surface area contributed by atoms with Gasteiger partial charge in [0.05, 0.1) is 25.8 Å². The topological polar surface area (TPSA) is 59.0 Å². The number of alkyl halides is 3. The molecule has 2 N–H and O–H groups in total. The highest BCUT2D eigenvalue weighted by atomic mass is 19.4. The smallest absolute Gasteiger partial charge is 0.378 e. The number of anilines is 3. The van der Waals surface area contributed by atoms with Crippen molar-refractivity contribution in [3.05, 3.63) is 48.2 Å². The largest absolute Gasteiger partial charge is 0.419 e. The molecule has 1 aromatic heterocycles. The zero-order valence-electron chi connectivity index (χ0n) is 15.4. The van der Waals surface area contributed by atoms with E-state index < -0.39 is 11.7 Å². The predicted octanol–water partition coefficient (Wildman–Crippen LogP) is 2.43. The summed E-state index contributed by atoms with van der Waals surface area (Å²) in [5.74, 6) is 0.140. The highest BCUT2D eigenvalue weighted by molar-refractivity contribution is 5.93. The van der Waals surface area contributed by atoms with Crippen LogP contribution in [0.3, 0.4) is 0 Å². The molecule has 6 nitrogen and oxygen atoms in total. The molecule has 0 bridgehead atoms. The Kier molecular flexibility index (Phi) is 6.03. The Morgan fingerprint density at radius 2 is 1.86 bits per heavy atom. The Morgan fingerprint density at radius 3 is 2.43 bits per heavy atom. The van der Waals surface area contributed by atoms with Crippen molar-refractivity contribution in [2.45, 2.75) is 6.18 Å². The maximum atomic E-state index is 12.6. The normalized spacial score (nSPS) is 14.6. The molecular formula is C19H22F3N4O2+. The minimum absolute atomic E-state index is 0.00687. The number of H-pyrrole nitrogens is 1. The molecule has 2 heterocycles. The molecule has 2 aromatic rings. The zero-order valence-corrected chi connectivity index (χ0v) is 15.4. The number of likely N-dealkylation sites (N-methyl/N-ethyl adjacent to an activating group) is 1. The number of hydrogen-bond donors (Lipinski definition) is 1. The van der Waals surface area contributed by atoms with Crippen LogP contribution in [0.25, 0.3) is 0 Å². The van der Waals surface area contributed by atoms with Crippen molar-refractivity contribution < 1.29 is 27.7 Å². The van der Waals surface area contributed by atoms with Crippen LogP contribution in [0.5, 0.6) is 0 Å². The number of amides is 1. The maximum Gasteiger partial charge on any atom is 0.419 e. The van der Waals surface area contributed by atoms with Gasteiger partial charge in [0.2, 0.25) is 0 Å². The van der Waals surface area contributed by atoms with Crippen LogP contribution >= 0.6 is 0 Å². The molecule has 9 heteroatoms. The van der Waals surface area contributed by atoms with Gasteiger partial charge in [-0.15, -0.1) is 0 Å². The second-order valence-electron chi connectivity index (χ2n) is 6.51. The van der Waals surface area contributed by atoms with Gasteiger partial charge < -0.3 is 15.0 Å². The average Bonchev–Trinajstić information content (AvgIpc) is 2.68. The number of nitrogens with one attached hydrogen (secondary N) is 2. The molecule has 0 spiro atoms. The lowest BCUT2D eigenvalue weighted by molar-refractivity contribution is -0.367. The summed E-state index contributed by atoms with van der Waals surface area (Å²) in [6.45, 7) is 3.06. The molecule has 1 aromatic carbocycles. The fourth-order valence-corrected chi connectivity index (χ4v) is 2.91. The summed E-state index contributed by atoms with van der Waals surface area (Å²) in [7, 11) is 1.63. The lowest BCUT2D eigenvalue weighted by Crippen LogP contribution is -2.36. The number of carbonyl (C=O) groups excluding carboxylic acids is 1. The summed E-state index contributed by atoms with van der Waals surface area (Å²) in [5, 5.41) is 2.79. The molecule has 0 atom stereocenters. The standard InChI is InChI=1S/C19H21F3N4O2/c1-25(17-7-2-14(12-23-17)19(20,21)22)13-18(27)24-15-3-5-16(6-4-15)26-8-10-28-11-9-26/h2-7,12H,8-11,13H2,1H3,(H,24,27)/p+1. The van der Waals surface area contributed by atoms with Crippen molar-refractivity contribution in [3.63, 3.8) is 0 Å². The fourth-order valence-electron chi connectivity index (χ4n) is 2.91. The van der Waals surface area contributed by atoms with Crippen LogP contribution in [0.4, 0.5) is 30.4 Å². The number of pyridine rings is 1. The van der Waals surface area contributed by atoms with Crippen LogP contribution in [0.1, 0.15) is 5.56 Å². The monoisotopic (exact) mass is 395 g/mol. The van der Waals surface area contributed by atoms with E-state index in [1.165, 1.54) is 11.0 Å². The molecule has 0 aliphatic carbocycles. The number of benzene rings is 1. The zero-order chi connectivity index (χ0) is 20.1. The number of aromatic nitrogens is 1. The molecule has 28 heavy (non-hydrogen) atoms. The maximum absolute atomic E-state index is 12.6. The highest BCUT2D eigenvalue weighted by Crippen LogP contribution is 2.28. The lowest BCUT2D eigenvalue weighted by Gasteiger charge is -2.28. The minimum Gasteiger partial charge on any atom is -0.378 e. The van der Waals surface area contributed by atoms with E-state index in [-0.39, 0.29) is 12.5 Å². The molecule has 1 aliphatic rings. The van der Waals surface area contributed by atoms with Crippen LogP contribution in [-0.4, -0.2) is 45.8 Å². The minimum atomic E-state index is -4.40. The first-order valence-corrected chi connectivity index (χ1v) is 8.85. The molecule has 1 amide bonds. The first-order chi connectivity index (χ1) is 13.3. The Balaban J connectivity index is 1.54. The number of ether oxygens (including phenoxy) is 1. The third-order valence-corrected chi connectivity index (χ3v) is 4.44. The van der Waals surface area contributed by atoms with Gasteiger partial charge in [-0.2, -0.15) is 13.2 Å². The van der Waals surface area contributed by atoms with Crippen molar-refractivity contribution >= 4 is 23.1 Å². The van der Waals surface area contributed by atoms with Crippen LogP contribution in [0.2, 0.25) is 0 Å². The van der Waals surface area contributed by atoms with Crippen LogP contribution in [-0.2, 0) is 15.7 Å². The molecule has 0 saturated carbocycles. The summed E-state index contributed by atoms with van der Waals surface area (Å²) in [6.07, 6.45) is -3.52. The van der Waals surface area contributed by atoms with E-state index in [0.29, 0.717) is 24.7 Å². The third-order valence-electron chi connectivity index (χ3n) is 4.44. The molecule has 1 aliphatic heterocycles. The number of halogens is 3. The van der Waals surface area contributed by atoms with Gasteiger partial charge in [-0.05, 0) is 30.3 Å². The number of aromatic amines is 1. The molecule has 150 valence electrons. The van der Waals surface area contributed by atoms with E-state index in [4.69, 9.17) is 4.74 Å². The van der Waals surface area contributed by atoms with Gasteiger partial charge in [-0.3, -0.25) is 9.69 Å². The number of nitrogens with zero attached hydrogens (tertiary/aromatic N) is 2. The van der Waals surface area contributed by atoms with Gasteiger partial charge in [0.25, 0.3) is 11.7 Å². The fraction of sp³-hybridized carbons (Fsp3) is 0.368. The van der Waals surface area contributed by atoms with E-state index in [2.05, 4.69) is 15.2 Å². The van der Waals surface area contributed by atoms with Gasteiger partial charge in [0.1, 0.15) is 6.20 Å². The van der Waals surface area contributed by atoms with Crippen molar-refractivity contribution in [2.75, 3.05) is 55.0 Å². The molecular weight excluding hydrogens is 373 g/mol. The number of carbonyl (C=O) groups is 1. The summed E-state index contributed by atoms with van der Waals surface area (Å²) in [6, 6.07) is 9.81. The first kappa shape index (κ1) is 19.9. The molecule has 0 radical (unpaired) electrons. The van der Waals surface area contributed by atoms with Gasteiger partial charge in [-0.25, -0.2) is 4.98 Å². The number of morpholine rings is 1. The van der Waals surface area contributed by atoms with Crippen molar-refractivity contribution in [1.82, 2.24) is 0 Å². The van der Waals surface area contributed by atoms with Gasteiger partial charge >= 0.3 is 6.18 Å². The summed E-state index contributed by atoms with van der Waals surface area (Å²) in [4.78, 5) is 18.6. The van der Waals surface area contributed by atoms with E-state index in [1.54, 1.807) is 7.05 Å². The summed E-state index contributed by atoms with van der Waals surface area (Å²) >= 11 is 0. The molecule has 1 saturated heterocycles. The lowest BCUT2D eigenvalue weighted by atomic mass is 10.2. The Labute approximate surface area is 160 Å². The molecule has 3 rings (SSSR count). The van der Waals surface area contributed by atoms with Crippen molar-refractivity contribution in [1.29, 1.82) is 0 Å². The average molecular weight is 395 g/mol. The molecule has 0 unspecified atom stereocenters. The second-order valence-corrected chi connectivity index (χ2v) is 6.51. The Bertz CT molecular complexity index is 788. The quantitative estimate of drug-likeness (QED) is 0.845. The Hall–Kier alpha value is -2.81. The van der Waals surface area contributed by atoms with E-state index in [9.17, 15) is 18.0 Å². The van der Waals surface area contributed by atoms with Crippen molar-refractivity contribution in [2.24, 2.45) is 0 Å². The van der Waals surface area contributed by atoms with Gasteiger partial charge in [-0.1, -0.05) is 0 Å². The summed E-state index contributed by atoms with van der Waals surface area (Å²) < 4.78 is 43.2. The predicted molar refractivity (Wildman–Crippen MR) is 99.4 cm³/mol. The van der Waals surface area contributed by atoms with Crippen LogP contribution < -0.4 is 20.1 Å². The number of rotatable bonds is 5. The second kappa shape index (κ2) is 8.47. The Morgan fingerprint density at radius 1 is 1.18 bits per heavy atom. The van der Waals surface area contributed by atoms with E-state index in [1.807, 2.05) is 24.3 Å². The van der Waals surface area contributed by atoms with Crippen LogP contribution in [0.15, 0.2) is 42.6 Å².